The van der Waals surface area contributed by atoms with Crippen LogP contribution < -0.4 is 4.90 Å². The summed E-state index contributed by atoms with van der Waals surface area (Å²) < 4.78 is 35.6. The van der Waals surface area contributed by atoms with Crippen molar-refractivity contribution in [3.8, 4) is 0 Å². The molecule has 0 saturated carbocycles. The number of thiazole rings is 1. The highest BCUT2D eigenvalue weighted by Crippen LogP contribution is 2.34. The van der Waals surface area contributed by atoms with Crippen LogP contribution in [0.3, 0.4) is 0 Å². The van der Waals surface area contributed by atoms with Crippen LogP contribution in [0.2, 0.25) is 0 Å². The van der Waals surface area contributed by atoms with E-state index in [9.17, 15) is 18.4 Å². The Morgan fingerprint density at radius 1 is 1.13 bits per heavy atom. The Bertz CT molecular complexity index is 974. The van der Waals surface area contributed by atoms with Gasteiger partial charge in [-0.2, -0.15) is 8.78 Å². The summed E-state index contributed by atoms with van der Waals surface area (Å²) in [6.45, 7) is 9.91. The minimum Gasteiger partial charge on any atom is -0.461 e. The molecular weight excluding hydrogens is 426 g/mol. The second kappa shape index (κ2) is 10.00. The van der Waals surface area contributed by atoms with Crippen molar-refractivity contribution in [1.82, 2.24) is 4.98 Å². The average molecular weight is 453 g/mol. The normalized spacial score (nSPS) is 11.1. The maximum absolute atomic E-state index is 12.9. The van der Waals surface area contributed by atoms with Crippen molar-refractivity contribution >= 4 is 34.2 Å². The minimum absolute atomic E-state index is 0.0633. The highest BCUT2D eigenvalue weighted by molar-refractivity contribution is 7.17. The molecule has 6 nitrogen and oxygen atoms in total. The van der Waals surface area contributed by atoms with Gasteiger partial charge in [-0.1, -0.05) is 29.0 Å². The number of aryl methyl sites for hydroxylation is 2. The molecule has 0 unspecified atom stereocenters. The van der Waals surface area contributed by atoms with Gasteiger partial charge in [-0.25, -0.2) is 19.5 Å². The first-order valence-electron chi connectivity index (χ1n) is 9.64. The third kappa shape index (κ3) is 6.85. The van der Waals surface area contributed by atoms with Crippen LogP contribution in [0.15, 0.2) is 35.9 Å². The SMILES string of the molecule is CC(CCOC(=O)c1sc(N(C(=O)OC(C)(C)C)c2ccc(C)cc2)nc1C)=C(F)F. The number of amides is 1. The number of nitrogens with zero attached hydrogens (tertiary/aromatic N) is 2. The van der Waals surface area contributed by atoms with Gasteiger partial charge in [0.2, 0.25) is 5.13 Å². The van der Waals surface area contributed by atoms with Crippen LogP contribution in [-0.4, -0.2) is 29.3 Å². The number of carbonyl (C=O) groups excluding carboxylic acids is 2. The van der Waals surface area contributed by atoms with E-state index < -0.39 is 23.7 Å². The van der Waals surface area contributed by atoms with E-state index in [0.717, 1.165) is 16.9 Å². The quantitative estimate of drug-likeness (QED) is 0.465. The predicted molar refractivity (Wildman–Crippen MR) is 116 cm³/mol. The van der Waals surface area contributed by atoms with Crippen LogP contribution in [0, 0.1) is 13.8 Å². The van der Waals surface area contributed by atoms with Crippen LogP contribution in [0.25, 0.3) is 0 Å². The second-order valence-corrected chi connectivity index (χ2v) is 8.97. The number of ether oxygens (including phenoxy) is 2. The Morgan fingerprint density at radius 2 is 1.74 bits per heavy atom. The van der Waals surface area contributed by atoms with Gasteiger partial charge in [0.1, 0.15) is 10.5 Å². The molecule has 0 aliphatic heterocycles. The fourth-order valence-electron chi connectivity index (χ4n) is 2.42. The summed E-state index contributed by atoms with van der Waals surface area (Å²) in [5.41, 5.74) is 1.05. The molecule has 0 aliphatic carbocycles. The zero-order chi connectivity index (χ0) is 23.3. The molecule has 1 heterocycles. The van der Waals surface area contributed by atoms with Gasteiger partial charge < -0.3 is 9.47 Å². The van der Waals surface area contributed by atoms with Crippen molar-refractivity contribution in [3.63, 3.8) is 0 Å². The van der Waals surface area contributed by atoms with Crippen LogP contribution >= 0.6 is 11.3 Å². The van der Waals surface area contributed by atoms with Crippen molar-refractivity contribution in [2.24, 2.45) is 0 Å². The van der Waals surface area contributed by atoms with Gasteiger partial charge in [0, 0.05) is 6.42 Å². The topological polar surface area (TPSA) is 68.7 Å². The summed E-state index contributed by atoms with van der Waals surface area (Å²) in [5, 5.41) is 0.244. The molecule has 2 aromatic rings. The third-order valence-electron chi connectivity index (χ3n) is 4.06. The van der Waals surface area contributed by atoms with Gasteiger partial charge in [0.15, 0.2) is 0 Å². The third-order valence-corrected chi connectivity index (χ3v) is 5.19. The molecular formula is C22H26F2N2O4S. The van der Waals surface area contributed by atoms with E-state index in [0.29, 0.717) is 11.4 Å². The van der Waals surface area contributed by atoms with Gasteiger partial charge in [-0.3, -0.25) is 0 Å². The minimum atomic E-state index is -1.78. The molecule has 168 valence electrons. The average Bonchev–Trinajstić information content (AvgIpc) is 3.03. The Balaban J connectivity index is 2.31. The van der Waals surface area contributed by atoms with Crippen LogP contribution in [0.4, 0.5) is 24.4 Å². The zero-order valence-electron chi connectivity index (χ0n) is 18.4. The second-order valence-electron chi connectivity index (χ2n) is 7.99. The van der Waals surface area contributed by atoms with Crippen molar-refractivity contribution < 1.29 is 27.8 Å². The summed E-state index contributed by atoms with van der Waals surface area (Å²) in [7, 11) is 0. The lowest BCUT2D eigenvalue weighted by atomic mass is 10.2. The van der Waals surface area contributed by atoms with Crippen molar-refractivity contribution in [2.75, 3.05) is 11.5 Å². The predicted octanol–water partition coefficient (Wildman–Crippen LogP) is 6.55. The number of benzene rings is 1. The number of esters is 1. The Morgan fingerprint density at radius 3 is 2.29 bits per heavy atom. The summed E-state index contributed by atoms with van der Waals surface area (Å²) in [4.78, 5) is 31.2. The highest BCUT2D eigenvalue weighted by Gasteiger charge is 2.29. The monoisotopic (exact) mass is 452 g/mol. The van der Waals surface area contributed by atoms with E-state index in [1.54, 1.807) is 39.8 Å². The Hall–Kier alpha value is -2.81. The maximum atomic E-state index is 12.9. The van der Waals surface area contributed by atoms with Crippen LogP contribution in [0.5, 0.6) is 0 Å². The molecule has 1 aromatic heterocycles. The molecule has 0 atom stereocenters. The molecule has 0 spiro atoms. The first-order chi connectivity index (χ1) is 14.4. The summed E-state index contributed by atoms with van der Waals surface area (Å²) in [6, 6.07) is 7.22. The lowest BCUT2D eigenvalue weighted by molar-refractivity contribution is 0.0511. The number of hydrogen-bond donors (Lipinski definition) is 0. The molecule has 0 N–H and O–H groups in total. The Kier molecular flexibility index (Phi) is 7.89. The standard InChI is InChI=1S/C22H26F2N2O4S/c1-13-7-9-16(10-8-13)26(21(28)30-22(4,5)6)20-25-15(3)17(31-20)19(27)29-12-11-14(2)18(23)24/h7-10H,11-12H2,1-6H3. The van der Waals surface area contributed by atoms with Gasteiger partial charge in [0.05, 0.1) is 18.0 Å². The van der Waals surface area contributed by atoms with Crippen LogP contribution in [-0.2, 0) is 9.47 Å². The molecule has 2 rings (SSSR count). The van der Waals surface area contributed by atoms with Gasteiger partial charge >= 0.3 is 12.1 Å². The van der Waals surface area contributed by atoms with Crippen molar-refractivity contribution in [1.29, 1.82) is 0 Å². The smallest absolute Gasteiger partial charge is 0.421 e. The summed E-state index contributed by atoms with van der Waals surface area (Å²) in [5.74, 6) is -0.679. The van der Waals surface area contributed by atoms with E-state index in [1.165, 1.54) is 11.8 Å². The van der Waals surface area contributed by atoms with E-state index >= 15 is 0 Å². The summed E-state index contributed by atoms with van der Waals surface area (Å²) >= 11 is 0.973. The lowest BCUT2D eigenvalue weighted by Gasteiger charge is -2.25. The molecule has 9 heteroatoms. The molecule has 1 aromatic carbocycles. The highest BCUT2D eigenvalue weighted by atomic mass is 32.1. The zero-order valence-corrected chi connectivity index (χ0v) is 19.2. The van der Waals surface area contributed by atoms with Gasteiger partial charge in [0.25, 0.3) is 6.08 Å². The van der Waals surface area contributed by atoms with Crippen molar-refractivity contribution in [3.05, 3.63) is 52.1 Å². The number of carbonyl (C=O) groups is 2. The number of aromatic nitrogens is 1. The van der Waals surface area contributed by atoms with Crippen molar-refractivity contribution in [2.45, 2.75) is 53.6 Å². The van der Waals surface area contributed by atoms with Crippen LogP contribution in [0.1, 0.15) is 55.0 Å². The fourth-order valence-corrected chi connectivity index (χ4v) is 3.39. The number of halogens is 2. The van der Waals surface area contributed by atoms with E-state index in [4.69, 9.17) is 9.47 Å². The summed E-state index contributed by atoms with van der Waals surface area (Å²) in [6.07, 6.45) is -2.48. The number of anilines is 2. The first-order valence-corrected chi connectivity index (χ1v) is 10.5. The van der Waals surface area contributed by atoms with E-state index in [2.05, 4.69) is 4.98 Å². The lowest BCUT2D eigenvalue weighted by Crippen LogP contribution is -2.33. The molecule has 0 aliphatic rings. The molecule has 0 bridgehead atoms. The van der Waals surface area contributed by atoms with Gasteiger partial charge in [-0.05, 0) is 59.2 Å². The Labute approximate surface area is 184 Å². The number of hydrogen-bond acceptors (Lipinski definition) is 6. The first kappa shape index (κ1) is 24.5. The molecule has 0 saturated heterocycles. The van der Waals surface area contributed by atoms with E-state index in [1.807, 2.05) is 19.1 Å². The fraction of sp³-hybridized carbons (Fsp3) is 0.409. The molecule has 0 radical (unpaired) electrons. The molecule has 31 heavy (non-hydrogen) atoms. The van der Waals surface area contributed by atoms with Gasteiger partial charge in [-0.15, -0.1) is 0 Å². The van der Waals surface area contributed by atoms with E-state index in [-0.39, 0.29) is 28.6 Å². The molecule has 0 fully saturated rings. The number of rotatable bonds is 6. The largest absolute Gasteiger partial charge is 0.461 e. The molecule has 1 amide bonds. The maximum Gasteiger partial charge on any atom is 0.421 e.